The van der Waals surface area contributed by atoms with Crippen LogP contribution in [0.4, 0.5) is 10.1 Å². The molecule has 2 aromatic rings. The van der Waals surface area contributed by atoms with Crippen molar-refractivity contribution < 1.29 is 9.18 Å². The third-order valence-electron chi connectivity index (χ3n) is 2.62. The second kappa shape index (κ2) is 5.31. The van der Waals surface area contributed by atoms with E-state index >= 15 is 0 Å². The lowest BCUT2D eigenvalue weighted by Crippen LogP contribution is -2.08. The maximum atomic E-state index is 13.5. The fraction of sp³-hybridized carbons (Fsp3) is 0.0714. The summed E-state index contributed by atoms with van der Waals surface area (Å²) in [6.07, 6.45) is -0.000509. The van der Waals surface area contributed by atoms with Crippen molar-refractivity contribution >= 4 is 27.4 Å². The molecule has 0 spiro atoms. The Labute approximate surface area is 113 Å². The van der Waals surface area contributed by atoms with Gasteiger partial charge in [-0.1, -0.05) is 28.1 Å². The SMILES string of the molecule is Nc1ccccc1C(=O)Cc1cc(Br)ccc1F. The van der Waals surface area contributed by atoms with Gasteiger partial charge in [0.05, 0.1) is 0 Å². The second-order valence-electron chi connectivity index (χ2n) is 3.92. The number of nitrogens with two attached hydrogens (primary N) is 1. The molecule has 0 bridgehead atoms. The van der Waals surface area contributed by atoms with E-state index in [-0.39, 0.29) is 18.0 Å². The Bertz CT molecular complexity index is 598. The summed E-state index contributed by atoms with van der Waals surface area (Å²) >= 11 is 3.25. The molecule has 0 aliphatic rings. The summed E-state index contributed by atoms with van der Waals surface area (Å²) in [6, 6.07) is 11.3. The summed E-state index contributed by atoms with van der Waals surface area (Å²) in [7, 11) is 0. The lowest BCUT2D eigenvalue weighted by atomic mass is 10.0. The number of nitrogen functional groups attached to an aromatic ring is 1. The molecule has 0 saturated carbocycles. The van der Waals surface area contributed by atoms with Gasteiger partial charge in [0.1, 0.15) is 5.82 Å². The van der Waals surface area contributed by atoms with Gasteiger partial charge in [0.15, 0.2) is 5.78 Å². The smallest absolute Gasteiger partial charge is 0.169 e. The van der Waals surface area contributed by atoms with Crippen LogP contribution in [0.3, 0.4) is 0 Å². The summed E-state index contributed by atoms with van der Waals surface area (Å²) in [5, 5.41) is 0. The van der Waals surface area contributed by atoms with Gasteiger partial charge in [-0.15, -0.1) is 0 Å². The zero-order valence-corrected chi connectivity index (χ0v) is 11.1. The molecule has 2 aromatic carbocycles. The molecule has 0 amide bonds. The van der Waals surface area contributed by atoms with Crippen LogP contribution < -0.4 is 5.73 Å². The van der Waals surface area contributed by atoms with Crippen LogP contribution in [0.2, 0.25) is 0 Å². The Hall–Kier alpha value is -1.68. The standard InChI is InChI=1S/C14H11BrFNO/c15-10-5-6-12(16)9(7-10)8-14(18)11-3-1-2-4-13(11)17/h1-7H,8,17H2. The number of ketones is 1. The first-order chi connectivity index (χ1) is 8.58. The van der Waals surface area contributed by atoms with Crippen LogP contribution in [0.1, 0.15) is 15.9 Å². The van der Waals surface area contributed by atoms with E-state index in [2.05, 4.69) is 15.9 Å². The average molecular weight is 308 g/mol. The van der Waals surface area contributed by atoms with Crippen molar-refractivity contribution in [1.29, 1.82) is 0 Å². The van der Waals surface area contributed by atoms with E-state index in [0.717, 1.165) is 4.47 Å². The first-order valence-corrected chi connectivity index (χ1v) is 6.19. The number of hydrogen-bond donors (Lipinski definition) is 1. The molecule has 0 aromatic heterocycles. The molecular weight excluding hydrogens is 297 g/mol. The van der Waals surface area contributed by atoms with Gasteiger partial charge < -0.3 is 5.73 Å². The van der Waals surface area contributed by atoms with Gasteiger partial charge in [-0.2, -0.15) is 0 Å². The third-order valence-corrected chi connectivity index (χ3v) is 3.11. The van der Waals surface area contributed by atoms with E-state index in [0.29, 0.717) is 16.8 Å². The zero-order chi connectivity index (χ0) is 13.1. The average Bonchev–Trinajstić information content (AvgIpc) is 2.34. The molecule has 18 heavy (non-hydrogen) atoms. The highest BCUT2D eigenvalue weighted by molar-refractivity contribution is 9.10. The van der Waals surface area contributed by atoms with E-state index in [1.807, 2.05) is 0 Å². The summed E-state index contributed by atoms with van der Waals surface area (Å²) in [4.78, 5) is 12.0. The first-order valence-electron chi connectivity index (χ1n) is 5.39. The fourth-order valence-electron chi connectivity index (χ4n) is 1.70. The number of anilines is 1. The van der Waals surface area contributed by atoms with Crippen molar-refractivity contribution in [2.75, 3.05) is 5.73 Å². The summed E-state index contributed by atoms with van der Waals surface area (Å²) in [5.74, 6) is -0.578. The largest absolute Gasteiger partial charge is 0.398 e. The highest BCUT2D eigenvalue weighted by Crippen LogP contribution is 2.19. The molecule has 0 aliphatic carbocycles. The summed E-state index contributed by atoms with van der Waals surface area (Å²) in [5.41, 5.74) is 6.92. The molecule has 0 aliphatic heterocycles. The summed E-state index contributed by atoms with van der Waals surface area (Å²) in [6.45, 7) is 0. The van der Waals surface area contributed by atoms with Gasteiger partial charge in [-0.25, -0.2) is 4.39 Å². The maximum absolute atomic E-state index is 13.5. The first kappa shape index (κ1) is 12.8. The van der Waals surface area contributed by atoms with E-state index < -0.39 is 0 Å². The molecule has 0 fully saturated rings. The number of carbonyl (C=O) groups is 1. The number of halogens is 2. The minimum atomic E-state index is -0.388. The molecule has 0 unspecified atom stereocenters. The topological polar surface area (TPSA) is 43.1 Å². The molecule has 2 rings (SSSR count). The predicted molar refractivity (Wildman–Crippen MR) is 73.0 cm³/mol. The molecule has 92 valence electrons. The van der Waals surface area contributed by atoms with Gasteiger partial charge in [0.2, 0.25) is 0 Å². The van der Waals surface area contributed by atoms with Crippen molar-refractivity contribution in [3.8, 4) is 0 Å². The zero-order valence-electron chi connectivity index (χ0n) is 9.49. The van der Waals surface area contributed by atoms with Crippen molar-refractivity contribution in [2.45, 2.75) is 6.42 Å². The van der Waals surface area contributed by atoms with Crippen LogP contribution in [0.25, 0.3) is 0 Å². The van der Waals surface area contributed by atoms with Gasteiger partial charge in [-0.05, 0) is 35.9 Å². The second-order valence-corrected chi connectivity index (χ2v) is 4.84. The van der Waals surface area contributed by atoms with Crippen LogP contribution in [0, 0.1) is 5.82 Å². The Kier molecular flexibility index (Phi) is 3.77. The number of para-hydroxylation sites is 1. The summed E-state index contributed by atoms with van der Waals surface area (Å²) < 4.78 is 14.3. The highest BCUT2D eigenvalue weighted by atomic mass is 79.9. The molecule has 0 heterocycles. The number of Topliss-reactive ketones (excluding diaryl/α,β-unsaturated/α-hetero) is 1. The monoisotopic (exact) mass is 307 g/mol. The van der Waals surface area contributed by atoms with Gasteiger partial charge in [-0.3, -0.25) is 4.79 Å². The Balaban J connectivity index is 2.27. The van der Waals surface area contributed by atoms with Gasteiger partial charge in [0, 0.05) is 22.1 Å². The fourth-order valence-corrected chi connectivity index (χ4v) is 2.11. The molecule has 0 radical (unpaired) electrons. The molecule has 0 saturated heterocycles. The van der Waals surface area contributed by atoms with E-state index in [4.69, 9.17) is 5.73 Å². The third kappa shape index (κ3) is 2.76. The minimum Gasteiger partial charge on any atom is -0.398 e. The number of hydrogen-bond acceptors (Lipinski definition) is 2. The van der Waals surface area contributed by atoms with E-state index in [1.165, 1.54) is 6.07 Å². The lowest BCUT2D eigenvalue weighted by molar-refractivity contribution is 0.0992. The van der Waals surface area contributed by atoms with Crippen molar-refractivity contribution in [3.05, 3.63) is 63.9 Å². The van der Waals surface area contributed by atoms with Crippen LogP contribution in [-0.4, -0.2) is 5.78 Å². The number of benzene rings is 2. The predicted octanol–water partition coefficient (Wildman–Crippen LogP) is 3.60. The van der Waals surface area contributed by atoms with Gasteiger partial charge >= 0.3 is 0 Å². The van der Waals surface area contributed by atoms with Crippen molar-refractivity contribution in [1.82, 2.24) is 0 Å². The van der Waals surface area contributed by atoms with Crippen molar-refractivity contribution in [3.63, 3.8) is 0 Å². The molecule has 2 N–H and O–H groups in total. The molecule has 4 heteroatoms. The quantitative estimate of drug-likeness (QED) is 0.695. The molecular formula is C14H11BrFNO. The minimum absolute atomic E-state index is 0.000509. The number of rotatable bonds is 3. The van der Waals surface area contributed by atoms with Crippen LogP contribution >= 0.6 is 15.9 Å². The van der Waals surface area contributed by atoms with E-state index in [9.17, 15) is 9.18 Å². The lowest BCUT2D eigenvalue weighted by Gasteiger charge is -2.06. The Morgan fingerprint density at radius 3 is 2.67 bits per heavy atom. The Morgan fingerprint density at radius 2 is 1.94 bits per heavy atom. The normalized spacial score (nSPS) is 10.3. The van der Waals surface area contributed by atoms with Crippen LogP contribution in [0.5, 0.6) is 0 Å². The molecule has 0 atom stereocenters. The van der Waals surface area contributed by atoms with Gasteiger partial charge in [0.25, 0.3) is 0 Å². The highest BCUT2D eigenvalue weighted by Gasteiger charge is 2.12. The maximum Gasteiger partial charge on any atom is 0.169 e. The molecule has 2 nitrogen and oxygen atoms in total. The Morgan fingerprint density at radius 1 is 1.22 bits per heavy atom. The van der Waals surface area contributed by atoms with E-state index in [1.54, 1.807) is 36.4 Å². The number of carbonyl (C=O) groups excluding carboxylic acids is 1. The van der Waals surface area contributed by atoms with Crippen molar-refractivity contribution in [2.24, 2.45) is 0 Å². The van der Waals surface area contributed by atoms with Crippen LogP contribution in [-0.2, 0) is 6.42 Å². The van der Waals surface area contributed by atoms with Crippen LogP contribution in [0.15, 0.2) is 46.9 Å².